The van der Waals surface area contributed by atoms with Crippen molar-refractivity contribution in [3.63, 3.8) is 0 Å². The van der Waals surface area contributed by atoms with Gasteiger partial charge in [0.15, 0.2) is 0 Å². The van der Waals surface area contributed by atoms with Crippen LogP contribution in [0.4, 0.5) is 0 Å². The van der Waals surface area contributed by atoms with Gasteiger partial charge in [-0.05, 0) is 12.7 Å². The molecule has 2 unspecified atom stereocenters. The van der Waals surface area contributed by atoms with Crippen molar-refractivity contribution in [2.24, 2.45) is 11.5 Å². The molecule has 0 amide bonds. The first-order valence-electron chi connectivity index (χ1n) is 5.83. The zero-order valence-corrected chi connectivity index (χ0v) is 3.65. The average Bonchev–Trinajstić information content (AvgIpc) is 2.04. The molecule has 0 heterocycles. The Morgan fingerprint density at radius 3 is 2.00 bits per heavy atom. The Kier molecular flexibility index (Phi) is 0.280. The van der Waals surface area contributed by atoms with Gasteiger partial charge >= 0.3 is 0 Å². The maximum atomic E-state index is 7.41. The number of hydrogen-bond donors (Lipinski definition) is 2. The van der Waals surface area contributed by atoms with Crippen LogP contribution in [0.5, 0.6) is 0 Å². The van der Waals surface area contributed by atoms with Crippen molar-refractivity contribution >= 4 is 0 Å². The fourth-order valence-electron chi connectivity index (χ4n) is 0.301. The van der Waals surface area contributed by atoms with Crippen LogP contribution in [-0.4, -0.2) is 12.0 Å². The van der Waals surface area contributed by atoms with Crippen molar-refractivity contribution in [1.82, 2.24) is 0 Å². The van der Waals surface area contributed by atoms with E-state index in [4.69, 9.17) is 22.4 Å². The zero-order valence-electron chi connectivity index (χ0n) is 11.7. The Morgan fingerprint density at radius 2 is 1.86 bits per heavy atom. The monoisotopic (exact) mass is 108 g/mol. The van der Waals surface area contributed by atoms with E-state index in [1.807, 2.05) is 0 Å². The maximum Gasteiger partial charge on any atom is 0.0479 e. The van der Waals surface area contributed by atoms with Gasteiger partial charge < -0.3 is 11.5 Å². The molecule has 1 aliphatic carbocycles. The number of hydrogen-bond acceptors (Lipinski definition) is 2. The normalized spacial score (nSPS) is 101. The molecule has 0 bridgehead atoms. The van der Waals surface area contributed by atoms with E-state index in [9.17, 15) is 0 Å². The largest absolute Gasteiger partial charge is 0.326 e. The lowest BCUT2D eigenvalue weighted by Crippen LogP contribution is -2.35. The van der Waals surface area contributed by atoms with Crippen LogP contribution < -0.4 is 11.5 Å². The summed E-state index contributed by atoms with van der Waals surface area (Å²) >= 11 is 0. The third-order valence-electron chi connectivity index (χ3n) is 0.685. The summed E-state index contributed by atoms with van der Waals surface area (Å²) in [6.45, 7) is 0. The second-order valence-corrected chi connectivity index (χ2v) is 1.20. The molecule has 0 aromatic heterocycles. The molecule has 0 aromatic carbocycles. The highest BCUT2D eigenvalue weighted by molar-refractivity contribution is 4.82. The summed E-state index contributed by atoms with van der Waals surface area (Å²) in [4.78, 5) is 0. The van der Waals surface area contributed by atoms with Crippen LogP contribution in [-0.2, 0) is 0 Å². The third kappa shape index (κ3) is 0.924. The predicted molar refractivity (Wildman–Crippen MR) is 29.8 cm³/mol. The van der Waals surface area contributed by atoms with Gasteiger partial charge in [0.25, 0.3) is 0 Å². The molecule has 2 atom stereocenters. The summed E-state index contributed by atoms with van der Waals surface area (Å²) in [6.07, 6.45) is -9.22. The van der Waals surface area contributed by atoms with E-state index in [0.717, 1.165) is 0 Å². The smallest absolute Gasteiger partial charge is 0.0479 e. The Balaban J connectivity index is 3.55. The van der Waals surface area contributed by atoms with Crippen LogP contribution in [0.25, 0.3) is 0 Å². The summed E-state index contributed by atoms with van der Waals surface area (Å²) < 4.78 is 58.8. The van der Waals surface area contributed by atoms with Gasteiger partial charge in [0.1, 0.15) is 0 Å². The molecule has 1 saturated carbocycles. The minimum atomic E-state index is -3.10. The standard InChI is InChI=1S/C5H12N2/c6-4-2-1-3-5(4)7/h4-5H,1-3,6-7H2/i1D2,2D2,3D2,4D,5D. The molecule has 0 spiro atoms. The van der Waals surface area contributed by atoms with E-state index in [2.05, 4.69) is 0 Å². The minimum absolute atomic E-state index is 2.87. The average molecular weight is 108 g/mol. The summed E-state index contributed by atoms with van der Waals surface area (Å²) in [5, 5.41) is 0. The fourth-order valence-corrected chi connectivity index (χ4v) is 0.301. The van der Waals surface area contributed by atoms with Gasteiger partial charge in [0.2, 0.25) is 0 Å². The van der Waals surface area contributed by atoms with Crippen molar-refractivity contribution in [2.45, 2.75) is 31.2 Å². The molecule has 0 radical (unpaired) electrons. The highest BCUT2D eigenvalue weighted by Gasteiger charge is 2.18. The fraction of sp³-hybridized carbons (Fsp3) is 1.00. The maximum absolute atomic E-state index is 7.41. The summed E-state index contributed by atoms with van der Waals surface area (Å²) in [6, 6.07) is -5.74. The first kappa shape index (κ1) is 1.09. The van der Waals surface area contributed by atoms with Crippen LogP contribution in [0.15, 0.2) is 0 Å². The molecule has 0 saturated heterocycles. The van der Waals surface area contributed by atoms with E-state index in [0.29, 0.717) is 0 Å². The lowest BCUT2D eigenvalue weighted by atomic mass is 10.2. The molecule has 0 aliphatic heterocycles. The van der Waals surface area contributed by atoms with Gasteiger partial charge in [-0.15, -0.1) is 0 Å². The van der Waals surface area contributed by atoms with Crippen LogP contribution >= 0.6 is 0 Å². The highest BCUT2D eigenvalue weighted by Crippen LogP contribution is 2.13. The molecular formula is C5H12N2. The first-order valence-corrected chi connectivity index (χ1v) is 1.83. The Labute approximate surface area is 55.1 Å². The second kappa shape index (κ2) is 1.80. The van der Waals surface area contributed by atoms with Crippen molar-refractivity contribution in [1.29, 1.82) is 0 Å². The van der Waals surface area contributed by atoms with Gasteiger partial charge in [-0.2, -0.15) is 0 Å². The Morgan fingerprint density at radius 1 is 1.43 bits per heavy atom. The van der Waals surface area contributed by atoms with E-state index >= 15 is 0 Å². The van der Waals surface area contributed by atoms with Gasteiger partial charge in [-0.1, -0.05) is 6.37 Å². The van der Waals surface area contributed by atoms with Crippen molar-refractivity contribution in [3.05, 3.63) is 0 Å². The first-order chi connectivity index (χ1) is 6.25. The molecule has 42 valence electrons. The van der Waals surface area contributed by atoms with E-state index in [-0.39, 0.29) is 0 Å². The molecule has 1 aliphatic rings. The van der Waals surface area contributed by atoms with E-state index in [1.54, 1.807) is 0 Å². The van der Waals surface area contributed by atoms with Crippen LogP contribution in [0.2, 0.25) is 0 Å². The molecule has 1 fully saturated rings. The molecule has 2 heteroatoms. The predicted octanol–water partition coefficient (Wildman–Crippen LogP) is -0.175. The summed E-state index contributed by atoms with van der Waals surface area (Å²) in [5.74, 6) is 0. The molecule has 7 heavy (non-hydrogen) atoms. The number of nitrogens with two attached hydrogens (primary N) is 2. The van der Waals surface area contributed by atoms with Crippen molar-refractivity contribution in [3.8, 4) is 0 Å². The van der Waals surface area contributed by atoms with E-state index < -0.39 is 31.2 Å². The SMILES string of the molecule is [2H]C1([2H])C([2H])([2H])C([2H])(N)C([2H])(N)C1([2H])[2H]. The topological polar surface area (TPSA) is 52.0 Å². The van der Waals surface area contributed by atoms with Gasteiger partial charge in [-0.25, -0.2) is 0 Å². The number of rotatable bonds is 0. The zero-order chi connectivity index (χ0) is 12.5. The quantitative estimate of drug-likeness (QED) is 0.452. The second-order valence-electron chi connectivity index (χ2n) is 1.20. The van der Waals surface area contributed by atoms with Gasteiger partial charge in [0.05, 0.1) is 0 Å². The van der Waals surface area contributed by atoms with E-state index in [1.165, 1.54) is 0 Å². The highest BCUT2D eigenvalue weighted by atomic mass is 14.8. The summed E-state index contributed by atoms with van der Waals surface area (Å²) in [5.41, 5.74) is 10.4. The molecule has 1 rings (SSSR count). The summed E-state index contributed by atoms with van der Waals surface area (Å²) in [7, 11) is 0. The molecule has 4 N–H and O–H groups in total. The van der Waals surface area contributed by atoms with Crippen molar-refractivity contribution in [2.75, 3.05) is 0 Å². The van der Waals surface area contributed by atoms with Crippen LogP contribution in [0, 0.1) is 0 Å². The van der Waals surface area contributed by atoms with Crippen LogP contribution in [0.3, 0.4) is 0 Å². The van der Waals surface area contributed by atoms with Crippen molar-refractivity contribution < 1.29 is 11.0 Å². The minimum Gasteiger partial charge on any atom is -0.326 e. The lowest BCUT2D eigenvalue weighted by molar-refractivity contribution is 0.603. The molecule has 0 aromatic rings. The Bertz CT molecular complexity index is 206. The van der Waals surface area contributed by atoms with Gasteiger partial charge in [0, 0.05) is 23.0 Å². The molecular weight excluding hydrogens is 88.1 g/mol. The van der Waals surface area contributed by atoms with Crippen LogP contribution in [0.1, 0.15) is 30.1 Å². The van der Waals surface area contributed by atoms with Gasteiger partial charge in [-0.3, -0.25) is 0 Å². The Hall–Kier alpha value is -0.0800. The lowest BCUT2D eigenvalue weighted by Gasteiger charge is -2.05. The third-order valence-corrected chi connectivity index (χ3v) is 0.685. The molecule has 2 nitrogen and oxygen atoms in total.